The van der Waals surface area contributed by atoms with Crippen molar-refractivity contribution in [2.24, 2.45) is 0 Å². The Bertz CT molecular complexity index is 714. The summed E-state index contributed by atoms with van der Waals surface area (Å²) in [6.07, 6.45) is 13.8. The van der Waals surface area contributed by atoms with Crippen molar-refractivity contribution < 1.29 is 0 Å². The fourth-order valence-corrected chi connectivity index (χ4v) is 3.84. The molecule has 3 nitrogen and oxygen atoms in total. The number of unbranched alkanes of at least 4 members (excludes halogenated alkanes) is 7. The predicted molar refractivity (Wildman–Crippen MR) is 122 cm³/mol. The van der Waals surface area contributed by atoms with Crippen LogP contribution in [0.1, 0.15) is 83.6 Å². The molecule has 0 fully saturated rings. The quantitative estimate of drug-likeness (QED) is 0.365. The number of hydrogen-bond acceptors (Lipinski definition) is 2. The van der Waals surface area contributed by atoms with Crippen molar-refractivity contribution in [1.29, 1.82) is 0 Å². The fraction of sp³-hybridized carbons (Fsp3) is 0.640. The standard InChI is InChI=1S/C25H40N2O/c1-3-5-18-27(19-6-4-2)20-14-10-8-7-9-11-16-23-21-22-15-12-13-17-24(22)26-25(23)28/h12-13,15,17,21H,3-11,14,16,18-20H2,1-2H3,(H,26,28). The Kier molecular flexibility index (Phi) is 11.0. The van der Waals surface area contributed by atoms with Gasteiger partial charge in [-0.2, -0.15) is 0 Å². The number of hydrogen-bond donors (Lipinski definition) is 1. The van der Waals surface area contributed by atoms with Crippen LogP contribution in [-0.2, 0) is 6.42 Å². The van der Waals surface area contributed by atoms with Crippen LogP contribution in [-0.4, -0.2) is 29.5 Å². The van der Waals surface area contributed by atoms with Crippen LogP contribution in [0.3, 0.4) is 0 Å². The molecule has 1 N–H and O–H groups in total. The highest BCUT2D eigenvalue weighted by Crippen LogP contribution is 2.13. The van der Waals surface area contributed by atoms with Crippen LogP contribution in [0.25, 0.3) is 10.9 Å². The molecule has 3 heteroatoms. The molecule has 156 valence electrons. The van der Waals surface area contributed by atoms with Gasteiger partial charge < -0.3 is 9.88 Å². The zero-order valence-corrected chi connectivity index (χ0v) is 18.1. The maximum Gasteiger partial charge on any atom is 0.251 e. The molecule has 0 aliphatic carbocycles. The number of pyridine rings is 1. The first kappa shape index (κ1) is 22.7. The van der Waals surface area contributed by atoms with E-state index < -0.39 is 0 Å². The van der Waals surface area contributed by atoms with E-state index in [1.54, 1.807) is 0 Å². The minimum absolute atomic E-state index is 0.0814. The summed E-state index contributed by atoms with van der Waals surface area (Å²) in [7, 11) is 0. The van der Waals surface area contributed by atoms with Crippen molar-refractivity contribution in [2.45, 2.75) is 84.5 Å². The van der Waals surface area contributed by atoms with E-state index in [0.717, 1.165) is 29.3 Å². The molecular weight excluding hydrogens is 344 g/mol. The summed E-state index contributed by atoms with van der Waals surface area (Å²) in [6.45, 7) is 8.38. The molecule has 0 aliphatic heterocycles. The van der Waals surface area contributed by atoms with E-state index in [0.29, 0.717) is 0 Å². The number of aromatic amines is 1. The van der Waals surface area contributed by atoms with Crippen molar-refractivity contribution in [3.8, 4) is 0 Å². The average molecular weight is 385 g/mol. The molecule has 0 radical (unpaired) electrons. The number of H-pyrrole nitrogens is 1. The number of rotatable bonds is 15. The van der Waals surface area contributed by atoms with E-state index in [4.69, 9.17) is 0 Å². The molecule has 0 atom stereocenters. The van der Waals surface area contributed by atoms with Crippen LogP contribution in [0.2, 0.25) is 0 Å². The number of nitrogens with zero attached hydrogens (tertiary/aromatic N) is 1. The van der Waals surface area contributed by atoms with Gasteiger partial charge in [0.05, 0.1) is 0 Å². The average Bonchev–Trinajstić information content (AvgIpc) is 2.71. The van der Waals surface area contributed by atoms with Gasteiger partial charge in [-0.15, -0.1) is 0 Å². The van der Waals surface area contributed by atoms with Gasteiger partial charge in [-0.05, 0) is 69.3 Å². The third-order valence-corrected chi connectivity index (χ3v) is 5.66. The second kappa shape index (κ2) is 13.5. The zero-order valence-electron chi connectivity index (χ0n) is 18.1. The number of aromatic nitrogens is 1. The topological polar surface area (TPSA) is 36.1 Å². The maximum absolute atomic E-state index is 12.2. The highest BCUT2D eigenvalue weighted by Gasteiger charge is 2.04. The van der Waals surface area contributed by atoms with Crippen LogP contribution >= 0.6 is 0 Å². The SMILES string of the molecule is CCCCN(CCCC)CCCCCCCCc1cc2ccccc2[nH]c1=O. The molecule has 0 amide bonds. The highest BCUT2D eigenvalue weighted by molar-refractivity contribution is 5.78. The normalized spacial score (nSPS) is 11.5. The largest absolute Gasteiger partial charge is 0.322 e. The first-order valence-electron chi connectivity index (χ1n) is 11.6. The van der Waals surface area contributed by atoms with Gasteiger partial charge in [0.1, 0.15) is 0 Å². The van der Waals surface area contributed by atoms with E-state index >= 15 is 0 Å². The summed E-state index contributed by atoms with van der Waals surface area (Å²) >= 11 is 0. The van der Waals surface area contributed by atoms with Crippen LogP contribution in [0.15, 0.2) is 35.1 Å². The van der Waals surface area contributed by atoms with E-state index in [9.17, 15) is 4.79 Å². The first-order chi connectivity index (χ1) is 13.7. The molecule has 1 aromatic heterocycles. The Balaban J connectivity index is 1.59. The Morgan fingerprint density at radius 2 is 1.39 bits per heavy atom. The van der Waals surface area contributed by atoms with Crippen LogP contribution in [0.4, 0.5) is 0 Å². The van der Waals surface area contributed by atoms with Gasteiger partial charge in [0.15, 0.2) is 0 Å². The third kappa shape index (κ3) is 8.18. The Morgan fingerprint density at radius 1 is 0.786 bits per heavy atom. The molecule has 0 aliphatic rings. The first-order valence-corrected chi connectivity index (χ1v) is 11.6. The Hall–Kier alpha value is -1.61. The van der Waals surface area contributed by atoms with Crippen LogP contribution in [0, 0.1) is 0 Å². The summed E-state index contributed by atoms with van der Waals surface area (Å²) in [5, 5.41) is 1.13. The fourth-order valence-electron chi connectivity index (χ4n) is 3.84. The van der Waals surface area contributed by atoms with E-state index in [2.05, 4.69) is 35.9 Å². The second-order valence-electron chi connectivity index (χ2n) is 8.13. The van der Waals surface area contributed by atoms with Gasteiger partial charge in [-0.3, -0.25) is 4.79 Å². The summed E-state index contributed by atoms with van der Waals surface area (Å²) in [5.74, 6) is 0. The zero-order chi connectivity index (χ0) is 20.0. The molecule has 2 aromatic rings. The molecule has 28 heavy (non-hydrogen) atoms. The maximum atomic E-state index is 12.2. The second-order valence-corrected chi connectivity index (χ2v) is 8.13. The molecule has 0 saturated carbocycles. The lowest BCUT2D eigenvalue weighted by Crippen LogP contribution is -2.27. The summed E-state index contributed by atoms with van der Waals surface area (Å²) in [4.78, 5) is 17.9. The molecule has 0 unspecified atom stereocenters. The number of aryl methyl sites for hydroxylation is 1. The van der Waals surface area contributed by atoms with Crippen molar-refractivity contribution in [1.82, 2.24) is 9.88 Å². The van der Waals surface area contributed by atoms with Crippen molar-refractivity contribution in [3.05, 3.63) is 46.2 Å². The lowest BCUT2D eigenvalue weighted by molar-refractivity contribution is 0.259. The Labute approximate surface area is 171 Å². The van der Waals surface area contributed by atoms with Gasteiger partial charge >= 0.3 is 0 Å². The number of benzene rings is 1. The van der Waals surface area contributed by atoms with E-state index in [-0.39, 0.29) is 5.56 Å². The number of para-hydroxylation sites is 1. The van der Waals surface area contributed by atoms with Crippen molar-refractivity contribution in [3.63, 3.8) is 0 Å². The molecule has 0 saturated heterocycles. The van der Waals surface area contributed by atoms with Crippen molar-refractivity contribution >= 4 is 10.9 Å². The highest BCUT2D eigenvalue weighted by atomic mass is 16.1. The lowest BCUT2D eigenvalue weighted by atomic mass is 10.0. The van der Waals surface area contributed by atoms with Gasteiger partial charge in [-0.25, -0.2) is 0 Å². The molecule has 2 rings (SSSR count). The molecule has 0 bridgehead atoms. The number of nitrogens with one attached hydrogen (secondary N) is 1. The molecular formula is C25H40N2O. The molecule has 1 heterocycles. The molecule has 1 aromatic carbocycles. The monoisotopic (exact) mass is 384 g/mol. The minimum atomic E-state index is 0.0814. The summed E-state index contributed by atoms with van der Waals surface area (Å²) in [6, 6.07) is 10.1. The predicted octanol–water partition coefficient (Wildman–Crippen LogP) is 6.31. The Morgan fingerprint density at radius 3 is 2.11 bits per heavy atom. The van der Waals surface area contributed by atoms with Gasteiger partial charge in [0, 0.05) is 11.1 Å². The van der Waals surface area contributed by atoms with E-state index in [1.807, 2.05) is 18.2 Å². The third-order valence-electron chi connectivity index (χ3n) is 5.66. The smallest absolute Gasteiger partial charge is 0.251 e. The van der Waals surface area contributed by atoms with Gasteiger partial charge in [-0.1, -0.05) is 70.6 Å². The number of fused-ring (bicyclic) bond motifs is 1. The van der Waals surface area contributed by atoms with Gasteiger partial charge in [0.2, 0.25) is 0 Å². The lowest BCUT2D eigenvalue weighted by Gasteiger charge is -2.21. The van der Waals surface area contributed by atoms with Gasteiger partial charge in [0.25, 0.3) is 5.56 Å². The van der Waals surface area contributed by atoms with E-state index in [1.165, 1.54) is 77.4 Å². The van der Waals surface area contributed by atoms with Crippen molar-refractivity contribution in [2.75, 3.05) is 19.6 Å². The summed E-state index contributed by atoms with van der Waals surface area (Å²) in [5.41, 5.74) is 1.95. The minimum Gasteiger partial charge on any atom is -0.322 e. The van der Waals surface area contributed by atoms with Crippen LogP contribution in [0.5, 0.6) is 0 Å². The molecule has 0 spiro atoms. The van der Waals surface area contributed by atoms with Crippen LogP contribution < -0.4 is 5.56 Å². The summed E-state index contributed by atoms with van der Waals surface area (Å²) < 4.78 is 0.